The van der Waals surface area contributed by atoms with E-state index < -0.39 is 0 Å². The van der Waals surface area contributed by atoms with Crippen molar-refractivity contribution < 1.29 is 9.53 Å². The topological polar surface area (TPSA) is 58.2 Å². The fourth-order valence-electron chi connectivity index (χ4n) is 3.63. The Morgan fingerprint density at radius 3 is 2.96 bits per heavy atom. The third-order valence-corrected chi connectivity index (χ3v) is 4.97. The Bertz CT molecular complexity index is 914. The fourth-order valence-corrected chi connectivity index (χ4v) is 3.63. The number of likely N-dealkylation sites (tertiary alicyclic amines) is 1. The Labute approximate surface area is 153 Å². The molecule has 0 aliphatic carbocycles. The molecule has 1 amide bonds. The maximum Gasteiger partial charge on any atom is 0.254 e. The predicted octanol–water partition coefficient (Wildman–Crippen LogP) is 4.25. The number of amides is 1. The summed E-state index contributed by atoms with van der Waals surface area (Å²) in [5.41, 5.74) is 3.66. The van der Waals surface area contributed by atoms with E-state index in [-0.39, 0.29) is 11.9 Å². The summed E-state index contributed by atoms with van der Waals surface area (Å²) in [6, 6.07) is 13.7. The Kier molecular flexibility index (Phi) is 4.37. The van der Waals surface area contributed by atoms with Crippen LogP contribution < -0.4 is 4.74 Å². The Morgan fingerprint density at radius 1 is 1.31 bits per heavy atom. The molecule has 1 atom stereocenters. The van der Waals surface area contributed by atoms with E-state index in [1.54, 1.807) is 0 Å². The number of nitrogens with one attached hydrogen (secondary N) is 1. The van der Waals surface area contributed by atoms with E-state index in [2.05, 4.69) is 4.98 Å². The van der Waals surface area contributed by atoms with Gasteiger partial charge < -0.3 is 14.6 Å². The number of hydrogen-bond donors (Lipinski definition) is 1. The summed E-state index contributed by atoms with van der Waals surface area (Å²) in [6.45, 7) is 5.28. The summed E-state index contributed by atoms with van der Waals surface area (Å²) in [5.74, 6) is 1.68. The lowest BCUT2D eigenvalue weighted by atomic mass is 10.1. The van der Waals surface area contributed by atoms with Crippen molar-refractivity contribution in [3.05, 3.63) is 59.4 Å². The molecule has 1 fully saturated rings. The molecule has 1 aromatic heterocycles. The van der Waals surface area contributed by atoms with E-state index in [0.29, 0.717) is 12.2 Å². The summed E-state index contributed by atoms with van der Waals surface area (Å²) in [7, 11) is 0. The number of aryl methyl sites for hydroxylation is 1. The minimum Gasteiger partial charge on any atom is -0.494 e. The number of ether oxygens (including phenoxy) is 1. The number of aromatic amines is 1. The van der Waals surface area contributed by atoms with Gasteiger partial charge in [-0.15, -0.1) is 0 Å². The second-order valence-electron chi connectivity index (χ2n) is 6.71. The van der Waals surface area contributed by atoms with Crippen LogP contribution in [-0.2, 0) is 0 Å². The summed E-state index contributed by atoms with van der Waals surface area (Å²) >= 11 is 0. The van der Waals surface area contributed by atoms with E-state index in [4.69, 9.17) is 9.72 Å². The molecule has 0 bridgehead atoms. The summed E-state index contributed by atoms with van der Waals surface area (Å²) < 4.78 is 5.65. The molecule has 1 saturated heterocycles. The molecule has 5 heteroatoms. The number of imidazole rings is 1. The maximum atomic E-state index is 13.1. The number of fused-ring (bicyclic) bond motifs is 1. The van der Waals surface area contributed by atoms with Gasteiger partial charge in [-0.25, -0.2) is 4.98 Å². The van der Waals surface area contributed by atoms with Crippen LogP contribution >= 0.6 is 0 Å². The van der Waals surface area contributed by atoms with Gasteiger partial charge in [-0.1, -0.05) is 18.2 Å². The number of rotatable bonds is 4. The average Bonchev–Trinajstić information content (AvgIpc) is 3.29. The standard InChI is InChI=1S/C21H23N3O2/c1-3-26-19-13-15(11-10-14(19)2)21(25)24-12-6-9-18(24)20-22-16-7-4-5-8-17(16)23-20/h4-5,7-8,10-11,13,18H,3,6,9,12H2,1-2H3,(H,22,23). The molecule has 26 heavy (non-hydrogen) atoms. The van der Waals surface area contributed by atoms with E-state index in [1.165, 1.54) is 0 Å². The number of H-pyrrole nitrogens is 1. The fraction of sp³-hybridized carbons (Fsp3) is 0.333. The first kappa shape index (κ1) is 16.6. The zero-order valence-corrected chi connectivity index (χ0v) is 15.2. The van der Waals surface area contributed by atoms with Crippen LogP contribution in [0.15, 0.2) is 42.5 Å². The van der Waals surface area contributed by atoms with E-state index in [0.717, 1.165) is 47.6 Å². The minimum atomic E-state index is -0.00764. The first-order valence-corrected chi connectivity index (χ1v) is 9.16. The first-order chi connectivity index (χ1) is 12.7. The molecule has 2 heterocycles. The van der Waals surface area contributed by atoms with E-state index in [9.17, 15) is 4.79 Å². The third-order valence-electron chi connectivity index (χ3n) is 4.97. The zero-order chi connectivity index (χ0) is 18.1. The predicted molar refractivity (Wildman–Crippen MR) is 101 cm³/mol. The lowest BCUT2D eigenvalue weighted by Crippen LogP contribution is -2.31. The SMILES string of the molecule is CCOc1cc(C(=O)N2CCCC2c2nc3ccccc3[nH]2)ccc1C. The maximum absolute atomic E-state index is 13.1. The van der Waals surface area contributed by atoms with Crippen molar-refractivity contribution in [1.29, 1.82) is 0 Å². The van der Waals surface area contributed by atoms with Crippen LogP contribution in [0.4, 0.5) is 0 Å². The molecule has 0 spiro atoms. The van der Waals surface area contributed by atoms with Crippen molar-refractivity contribution >= 4 is 16.9 Å². The van der Waals surface area contributed by atoms with Gasteiger partial charge in [0.2, 0.25) is 0 Å². The van der Waals surface area contributed by atoms with Crippen molar-refractivity contribution in [1.82, 2.24) is 14.9 Å². The monoisotopic (exact) mass is 349 g/mol. The number of hydrogen-bond acceptors (Lipinski definition) is 3. The second-order valence-corrected chi connectivity index (χ2v) is 6.71. The molecule has 4 rings (SSSR count). The summed E-state index contributed by atoms with van der Waals surface area (Å²) in [5, 5.41) is 0. The third kappa shape index (κ3) is 2.94. The van der Waals surface area contributed by atoms with Crippen LogP contribution in [0.2, 0.25) is 0 Å². The highest BCUT2D eigenvalue weighted by molar-refractivity contribution is 5.95. The highest BCUT2D eigenvalue weighted by atomic mass is 16.5. The molecule has 134 valence electrons. The van der Waals surface area contributed by atoms with Crippen molar-refractivity contribution in [3.63, 3.8) is 0 Å². The van der Waals surface area contributed by atoms with Crippen molar-refractivity contribution in [2.75, 3.05) is 13.2 Å². The molecule has 2 aromatic carbocycles. The van der Waals surface area contributed by atoms with Crippen LogP contribution in [0, 0.1) is 6.92 Å². The zero-order valence-electron chi connectivity index (χ0n) is 15.2. The molecular formula is C21H23N3O2. The summed E-state index contributed by atoms with van der Waals surface area (Å²) in [6.07, 6.45) is 1.91. The van der Waals surface area contributed by atoms with Gasteiger partial charge in [0.25, 0.3) is 5.91 Å². The minimum absolute atomic E-state index is 0.00764. The molecular weight excluding hydrogens is 326 g/mol. The highest BCUT2D eigenvalue weighted by Gasteiger charge is 2.32. The molecule has 3 aromatic rings. The van der Waals surface area contributed by atoms with E-state index >= 15 is 0 Å². The molecule has 1 aliphatic rings. The van der Waals surface area contributed by atoms with Gasteiger partial charge in [-0.3, -0.25) is 4.79 Å². The first-order valence-electron chi connectivity index (χ1n) is 9.16. The van der Waals surface area contributed by atoms with Gasteiger partial charge >= 0.3 is 0 Å². The van der Waals surface area contributed by atoms with Crippen molar-refractivity contribution in [2.45, 2.75) is 32.7 Å². The lowest BCUT2D eigenvalue weighted by Gasteiger charge is -2.23. The molecule has 1 N–H and O–H groups in total. The van der Waals surface area contributed by atoms with Gasteiger partial charge in [0.1, 0.15) is 11.6 Å². The van der Waals surface area contributed by atoms with Crippen LogP contribution in [0.25, 0.3) is 11.0 Å². The quantitative estimate of drug-likeness (QED) is 0.766. The van der Waals surface area contributed by atoms with Crippen molar-refractivity contribution in [2.24, 2.45) is 0 Å². The van der Waals surface area contributed by atoms with Gasteiger partial charge in [-0.05, 0) is 56.5 Å². The lowest BCUT2D eigenvalue weighted by molar-refractivity contribution is 0.0730. The van der Waals surface area contributed by atoms with Gasteiger partial charge in [0.05, 0.1) is 23.7 Å². The number of benzene rings is 2. The average molecular weight is 349 g/mol. The van der Waals surface area contributed by atoms with Crippen LogP contribution in [0.5, 0.6) is 5.75 Å². The van der Waals surface area contributed by atoms with E-state index in [1.807, 2.05) is 61.2 Å². The smallest absolute Gasteiger partial charge is 0.254 e. The number of carbonyl (C=O) groups excluding carboxylic acids is 1. The van der Waals surface area contributed by atoms with Crippen LogP contribution in [0.3, 0.4) is 0 Å². The molecule has 5 nitrogen and oxygen atoms in total. The second kappa shape index (κ2) is 6.83. The normalized spacial score (nSPS) is 17.0. The van der Waals surface area contributed by atoms with Gasteiger partial charge in [-0.2, -0.15) is 0 Å². The molecule has 1 aliphatic heterocycles. The van der Waals surface area contributed by atoms with Crippen LogP contribution in [0.1, 0.15) is 47.6 Å². The molecule has 1 unspecified atom stereocenters. The molecule has 0 radical (unpaired) electrons. The van der Waals surface area contributed by atoms with Gasteiger partial charge in [0, 0.05) is 12.1 Å². The van der Waals surface area contributed by atoms with Crippen molar-refractivity contribution in [3.8, 4) is 5.75 Å². The number of aromatic nitrogens is 2. The largest absolute Gasteiger partial charge is 0.494 e. The number of para-hydroxylation sites is 2. The Balaban J connectivity index is 1.63. The highest BCUT2D eigenvalue weighted by Crippen LogP contribution is 2.33. The Morgan fingerprint density at radius 2 is 2.15 bits per heavy atom. The van der Waals surface area contributed by atoms with Crippen LogP contribution in [-0.4, -0.2) is 33.9 Å². The number of nitrogens with zero attached hydrogens (tertiary/aromatic N) is 2. The summed E-state index contributed by atoms with van der Waals surface area (Å²) in [4.78, 5) is 23.2. The molecule has 0 saturated carbocycles. The Hall–Kier alpha value is -2.82. The number of carbonyl (C=O) groups is 1. The van der Waals surface area contributed by atoms with Gasteiger partial charge in [0.15, 0.2) is 0 Å².